The molecule has 26 heavy (non-hydrogen) atoms. The number of methoxy groups -OCH3 is 1. The lowest BCUT2D eigenvalue weighted by atomic mass is 10.2. The Balaban J connectivity index is 1.96. The van der Waals surface area contributed by atoms with Crippen molar-refractivity contribution in [2.45, 2.75) is 0 Å². The maximum Gasteiger partial charge on any atom is 0.243 e. The second kappa shape index (κ2) is 9.96. The number of anilines is 1. The Bertz CT molecular complexity index is 598. The third kappa shape index (κ3) is 5.87. The number of nitrogens with zero attached hydrogens (tertiary/aromatic N) is 4. The molecule has 0 unspecified atom stereocenters. The number of rotatable bonds is 6. The predicted octanol–water partition coefficient (Wildman–Crippen LogP) is 0.628. The lowest BCUT2D eigenvalue weighted by Crippen LogP contribution is -2.53. The Kier molecular flexibility index (Phi) is 7.65. The van der Waals surface area contributed by atoms with Crippen molar-refractivity contribution in [1.29, 1.82) is 0 Å². The van der Waals surface area contributed by atoms with E-state index in [0.29, 0.717) is 13.2 Å². The van der Waals surface area contributed by atoms with Gasteiger partial charge in [-0.15, -0.1) is 0 Å². The van der Waals surface area contributed by atoms with Crippen molar-refractivity contribution in [1.82, 2.24) is 15.1 Å². The largest absolute Gasteiger partial charge is 0.383 e. The van der Waals surface area contributed by atoms with Gasteiger partial charge in [0, 0.05) is 59.6 Å². The molecule has 1 heterocycles. The molecular weight excluding hydrogens is 337 g/mol. The molecule has 0 atom stereocenters. The van der Waals surface area contributed by atoms with Gasteiger partial charge in [0.1, 0.15) is 12.4 Å². The van der Waals surface area contributed by atoms with Crippen LogP contribution in [0.5, 0.6) is 0 Å². The van der Waals surface area contributed by atoms with E-state index in [9.17, 15) is 9.18 Å². The van der Waals surface area contributed by atoms with Crippen molar-refractivity contribution >= 4 is 17.6 Å². The van der Waals surface area contributed by atoms with E-state index in [0.717, 1.165) is 37.8 Å². The van der Waals surface area contributed by atoms with E-state index < -0.39 is 0 Å². The van der Waals surface area contributed by atoms with Crippen LogP contribution in [0.3, 0.4) is 0 Å². The zero-order chi connectivity index (χ0) is 18.9. The first kappa shape index (κ1) is 20.0. The number of aliphatic imine (C=N–C) groups is 1. The van der Waals surface area contributed by atoms with Gasteiger partial charge in [0.15, 0.2) is 5.96 Å². The monoisotopic (exact) mass is 365 g/mol. The summed E-state index contributed by atoms with van der Waals surface area (Å²) in [4.78, 5) is 22.2. The second-order valence-electron chi connectivity index (χ2n) is 6.30. The molecule has 0 aromatic heterocycles. The molecule has 1 aromatic carbocycles. The Hall–Kier alpha value is -2.35. The fourth-order valence-corrected chi connectivity index (χ4v) is 2.64. The number of benzene rings is 1. The minimum atomic E-state index is -0.227. The fourth-order valence-electron chi connectivity index (χ4n) is 2.64. The Morgan fingerprint density at radius 2 is 1.88 bits per heavy atom. The van der Waals surface area contributed by atoms with Gasteiger partial charge in [0.25, 0.3) is 0 Å². The van der Waals surface area contributed by atoms with Crippen molar-refractivity contribution in [2.75, 3.05) is 72.0 Å². The van der Waals surface area contributed by atoms with Crippen molar-refractivity contribution in [3.63, 3.8) is 0 Å². The molecule has 1 amide bonds. The number of piperazine rings is 1. The first-order valence-electron chi connectivity index (χ1n) is 8.74. The van der Waals surface area contributed by atoms with Crippen LogP contribution in [0.1, 0.15) is 0 Å². The summed E-state index contributed by atoms with van der Waals surface area (Å²) in [7, 11) is 5.09. The van der Waals surface area contributed by atoms with Crippen LogP contribution in [-0.4, -0.2) is 88.7 Å². The molecule has 144 valence electrons. The quantitative estimate of drug-likeness (QED) is 0.455. The standard InChI is InChI=1S/C18H28FN5O2/c1-22(2)17(25)14-21-18(20-8-13-26-3)24-11-9-23(10-12-24)16-6-4-15(19)5-7-16/h4-7H,8-14H2,1-3H3,(H,20,21). The summed E-state index contributed by atoms with van der Waals surface area (Å²) < 4.78 is 18.2. The Morgan fingerprint density at radius 3 is 2.46 bits per heavy atom. The molecule has 2 rings (SSSR count). The van der Waals surface area contributed by atoms with E-state index in [1.807, 2.05) is 0 Å². The molecule has 1 saturated heterocycles. The molecule has 0 spiro atoms. The zero-order valence-electron chi connectivity index (χ0n) is 15.7. The maximum absolute atomic E-state index is 13.1. The first-order valence-corrected chi connectivity index (χ1v) is 8.74. The SMILES string of the molecule is COCCNC(=NCC(=O)N(C)C)N1CCN(c2ccc(F)cc2)CC1. The molecule has 8 heteroatoms. The lowest BCUT2D eigenvalue weighted by Gasteiger charge is -2.37. The molecule has 1 N–H and O–H groups in total. The summed E-state index contributed by atoms with van der Waals surface area (Å²) in [6.45, 7) is 4.45. The highest BCUT2D eigenvalue weighted by molar-refractivity contribution is 5.85. The molecule has 1 aliphatic rings. The topological polar surface area (TPSA) is 60.4 Å². The highest BCUT2D eigenvalue weighted by Gasteiger charge is 2.20. The summed E-state index contributed by atoms with van der Waals surface area (Å²) in [5.41, 5.74) is 1.01. The van der Waals surface area contributed by atoms with Crippen LogP contribution in [-0.2, 0) is 9.53 Å². The summed E-state index contributed by atoms with van der Waals surface area (Å²) in [6, 6.07) is 6.56. The van der Waals surface area contributed by atoms with Gasteiger partial charge in [-0.2, -0.15) is 0 Å². The summed E-state index contributed by atoms with van der Waals surface area (Å²) in [6.07, 6.45) is 0. The van der Waals surface area contributed by atoms with Crippen LogP contribution in [0.2, 0.25) is 0 Å². The van der Waals surface area contributed by atoms with Gasteiger partial charge in [0.05, 0.1) is 6.61 Å². The van der Waals surface area contributed by atoms with Crippen LogP contribution in [0.25, 0.3) is 0 Å². The second-order valence-corrected chi connectivity index (χ2v) is 6.30. The zero-order valence-corrected chi connectivity index (χ0v) is 15.7. The van der Waals surface area contributed by atoms with Gasteiger partial charge in [-0.1, -0.05) is 0 Å². The number of likely N-dealkylation sites (N-methyl/N-ethyl adjacent to an activating group) is 1. The molecule has 0 bridgehead atoms. The lowest BCUT2D eigenvalue weighted by molar-refractivity contribution is -0.127. The average molecular weight is 365 g/mol. The first-order chi connectivity index (χ1) is 12.5. The number of guanidine groups is 1. The van der Waals surface area contributed by atoms with Crippen LogP contribution in [0.4, 0.5) is 10.1 Å². The summed E-state index contributed by atoms with van der Waals surface area (Å²) in [5.74, 6) is 0.451. The van der Waals surface area contributed by atoms with Gasteiger partial charge >= 0.3 is 0 Å². The highest BCUT2D eigenvalue weighted by atomic mass is 19.1. The molecule has 7 nitrogen and oxygen atoms in total. The number of nitrogens with one attached hydrogen (secondary N) is 1. The van der Waals surface area contributed by atoms with E-state index in [2.05, 4.69) is 20.1 Å². The molecule has 0 saturated carbocycles. The Labute approximate surface area is 154 Å². The predicted molar refractivity (Wildman–Crippen MR) is 101 cm³/mol. The highest BCUT2D eigenvalue weighted by Crippen LogP contribution is 2.16. The van der Waals surface area contributed by atoms with E-state index in [1.54, 1.807) is 33.3 Å². The van der Waals surface area contributed by atoms with Crippen LogP contribution in [0.15, 0.2) is 29.3 Å². The molecular formula is C18H28FN5O2. The van der Waals surface area contributed by atoms with Gasteiger partial charge in [-0.05, 0) is 24.3 Å². The third-order valence-corrected chi connectivity index (χ3v) is 4.22. The Morgan fingerprint density at radius 1 is 1.23 bits per heavy atom. The average Bonchev–Trinajstić information content (AvgIpc) is 2.65. The van der Waals surface area contributed by atoms with Crippen molar-refractivity contribution in [3.8, 4) is 0 Å². The summed E-state index contributed by atoms with van der Waals surface area (Å²) >= 11 is 0. The van der Waals surface area contributed by atoms with Crippen molar-refractivity contribution < 1.29 is 13.9 Å². The molecule has 1 fully saturated rings. The number of ether oxygens (including phenoxy) is 1. The van der Waals surface area contributed by atoms with Gasteiger partial charge in [-0.25, -0.2) is 9.38 Å². The molecule has 0 radical (unpaired) electrons. The van der Waals surface area contributed by atoms with Crippen LogP contribution in [0, 0.1) is 5.82 Å². The molecule has 1 aliphatic heterocycles. The smallest absolute Gasteiger partial charge is 0.243 e. The van der Waals surface area contributed by atoms with Gasteiger partial charge < -0.3 is 24.8 Å². The normalized spacial score (nSPS) is 15.2. The van der Waals surface area contributed by atoms with E-state index in [-0.39, 0.29) is 18.3 Å². The number of hydrogen-bond acceptors (Lipinski definition) is 4. The number of amides is 1. The number of hydrogen-bond donors (Lipinski definition) is 1. The molecule has 1 aromatic rings. The van der Waals surface area contributed by atoms with E-state index in [1.165, 1.54) is 17.0 Å². The minimum Gasteiger partial charge on any atom is -0.383 e. The fraction of sp³-hybridized carbons (Fsp3) is 0.556. The van der Waals surface area contributed by atoms with E-state index >= 15 is 0 Å². The van der Waals surface area contributed by atoms with Gasteiger partial charge in [-0.3, -0.25) is 4.79 Å². The number of halogens is 1. The van der Waals surface area contributed by atoms with Crippen LogP contribution < -0.4 is 10.2 Å². The maximum atomic E-state index is 13.1. The number of carbonyl (C=O) groups excluding carboxylic acids is 1. The van der Waals surface area contributed by atoms with E-state index in [4.69, 9.17) is 4.74 Å². The summed E-state index contributed by atoms with van der Waals surface area (Å²) in [5, 5.41) is 3.26. The molecule has 0 aliphatic carbocycles. The van der Waals surface area contributed by atoms with Gasteiger partial charge in [0.2, 0.25) is 5.91 Å². The van der Waals surface area contributed by atoms with Crippen LogP contribution >= 0.6 is 0 Å². The van der Waals surface area contributed by atoms with Crippen molar-refractivity contribution in [2.24, 2.45) is 4.99 Å². The third-order valence-electron chi connectivity index (χ3n) is 4.22. The minimum absolute atomic E-state index is 0.0408. The van der Waals surface area contributed by atoms with Crippen molar-refractivity contribution in [3.05, 3.63) is 30.1 Å². The number of carbonyl (C=O) groups is 1.